The molecule has 0 radical (unpaired) electrons. The summed E-state index contributed by atoms with van der Waals surface area (Å²) in [5.74, 6) is -1.91. The Kier molecular flexibility index (Phi) is 6.44. The zero-order valence-corrected chi connectivity index (χ0v) is 15.3. The van der Waals surface area contributed by atoms with Gasteiger partial charge in [0.15, 0.2) is 0 Å². The largest absolute Gasteiger partial charge is 0.481 e. The van der Waals surface area contributed by atoms with E-state index >= 15 is 0 Å². The third kappa shape index (κ3) is 5.56. The van der Waals surface area contributed by atoms with Crippen molar-refractivity contribution in [3.05, 3.63) is 60.7 Å². The standard InChI is InChI=1S/C21H25N3O3/c25-20(22-18-7-3-1-4-8-18)15-17(21(26)27)16-23-11-13-24(14-12-23)19-9-5-2-6-10-19/h1-10,17H,11-16H2,(H,22,25)(H,26,27). The molecule has 1 aliphatic rings. The molecule has 2 aromatic carbocycles. The predicted octanol–water partition coefficient (Wildman–Crippen LogP) is 2.54. The van der Waals surface area contributed by atoms with Gasteiger partial charge >= 0.3 is 5.97 Å². The fraction of sp³-hybridized carbons (Fsp3) is 0.333. The Bertz CT molecular complexity index is 744. The summed E-state index contributed by atoms with van der Waals surface area (Å²) in [4.78, 5) is 28.3. The normalized spacial score (nSPS) is 15.9. The van der Waals surface area contributed by atoms with E-state index in [9.17, 15) is 14.7 Å². The smallest absolute Gasteiger partial charge is 0.308 e. The molecular formula is C21H25N3O3. The summed E-state index contributed by atoms with van der Waals surface area (Å²) in [6.07, 6.45) is -0.0247. The van der Waals surface area contributed by atoms with Crippen LogP contribution in [0, 0.1) is 5.92 Å². The number of carboxylic acid groups (broad SMARTS) is 1. The van der Waals surface area contributed by atoms with E-state index in [0.29, 0.717) is 12.2 Å². The summed E-state index contributed by atoms with van der Waals surface area (Å²) >= 11 is 0. The maximum atomic E-state index is 12.2. The zero-order valence-electron chi connectivity index (χ0n) is 15.3. The summed E-state index contributed by atoms with van der Waals surface area (Å²) in [7, 11) is 0. The first-order valence-electron chi connectivity index (χ1n) is 9.22. The zero-order chi connectivity index (χ0) is 19.1. The molecule has 2 N–H and O–H groups in total. The Morgan fingerprint density at radius 1 is 0.926 bits per heavy atom. The molecule has 1 amide bonds. The SMILES string of the molecule is O=C(CC(CN1CCN(c2ccccc2)CC1)C(=O)O)Nc1ccccc1. The van der Waals surface area contributed by atoms with Crippen molar-refractivity contribution in [1.82, 2.24) is 4.90 Å². The van der Waals surface area contributed by atoms with Gasteiger partial charge in [-0.2, -0.15) is 0 Å². The fourth-order valence-corrected chi connectivity index (χ4v) is 3.33. The number of aliphatic carboxylic acids is 1. The first-order valence-corrected chi connectivity index (χ1v) is 9.22. The monoisotopic (exact) mass is 367 g/mol. The second kappa shape index (κ2) is 9.19. The quantitative estimate of drug-likeness (QED) is 0.787. The van der Waals surface area contributed by atoms with Crippen molar-refractivity contribution in [1.29, 1.82) is 0 Å². The van der Waals surface area contributed by atoms with Crippen LogP contribution >= 0.6 is 0 Å². The van der Waals surface area contributed by atoms with Gasteiger partial charge in [0.1, 0.15) is 0 Å². The van der Waals surface area contributed by atoms with E-state index in [1.165, 1.54) is 5.69 Å². The number of nitrogens with one attached hydrogen (secondary N) is 1. The molecule has 1 aliphatic heterocycles. The van der Waals surface area contributed by atoms with Crippen LogP contribution < -0.4 is 10.2 Å². The van der Waals surface area contributed by atoms with Crippen LogP contribution in [0.25, 0.3) is 0 Å². The number of hydrogen-bond donors (Lipinski definition) is 2. The van der Waals surface area contributed by atoms with E-state index in [1.807, 2.05) is 36.4 Å². The lowest BCUT2D eigenvalue weighted by Crippen LogP contribution is -2.48. The molecule has 0 aromatic heterocycles. The number of carbonyl (C=O) groups excluding carboxylic acids is 1. The number of carbonyl (C=O) groups is 2. The first kappa shape index (κ1) is 18.9. The van der Waals surface area contributed by atoms with Gasteiger partial charge in [-0.05, 0) is 24.3 Å². The molecule has 0 spiro atoms. The summed E-state index contributed by atoms with van der Waals surface area (Å²) in [5.41, 5.74) is 1.87. The van der Waals surface area contributed by atoms with Crippen LogP contribution in [0.2, 0.25) is 0 Å². The number of amides is 1. The van der Waals surface area contributed by atoms with Crippen LogP contribution in [-0.2, 0) is 9.59 Å². The van der Waals surface area contributed by atoms with Crippen LogP contribution in [0.3, 0.4) is 0 Å². The molecule has 6 heteroatoms. The highest BCUT2D eigenvalue weighted by Gasteiger charge is 2.26. The van der Waals surface area contributed by atoms with E-state index in [1.54, 1.807) is 12.1 Å². The van der Waals surface area contributed by atoms with Gasteiger partial charge in [0.2, 0.25) is 5.91 Å². The van der Waals surface area contributed by atoms with E-state index in [4.69, 9.17) is 0 Å². The molecule has 1 unspecified atom stereocenters. The summed E-state index contributed by atoms with van der Waals surface area (Å²) < 4.78 is 0. The Morgan fingerprint density at radius 2 is 1.52 bits per heavy atom. The minimum absolute atomic E-state index is 0.0247. The molecule has 142 valence electrons. The van der Waals surface area contributed by atoms with Gasteiger partial charge in [0.05, 0.1) is 5.92 Å². The second-order valence-electron chi connectivity index (χ2n) is 6.78. The van der Waals surface area contributed by atoms with E-state index in [0.717, 1.165) is 26.2 Å². The molecule has 2 aromatic rings. The fourth-order valence-electron chi connectivity index (χ4n) is 3.33. The third-order valence-corrected chi connectivity index (χ3v) is 4.81. The van der Waals surface area contributed by atoms with Crippen molar-refractivity contribution in [2.45, 2.75) is 6.42 Å². The first-order chi connectivity index (χ1) is 13.1. The highest BCUT2D eigenvalue weighted by atomic mass is 16.4. The number of hydrogen-bond acceptors (Lipinski definition) is 4. The molecule has 1 saturated heterocycles. The van der Waals surface area contributed by atoms with Crippen LogP contribution in [0.5, 0.6) is 0 Å². The van der Waals surface area contributed by atoms with E-state index in [2.05, 4.69) is 27.2 Å². The summed E-state index contributed by atoms with van der Waals surface area (Å²) in [6.45, 7) is 3.68. The summed E-state index contributed by atoms with van der Waals surface area (Å²) in [6, 6.07) is 19.3. The van der Waals surface area contributed by atoms with Crippen LogP contribution in [0.15, 0.2) is 60.7 Å². The van der Waals surface area contributed by atoms with Crippen molar-refractivity contribution >= 4 is 23.3 Å². The lowest BCUT2D eigenvalue weighted by atomic mass is 10.0. The number of para-hydroxylation sites is 2. The van der Waals surface area contributed by atoms with Gasteiger partial charge in [-0.15, -0.1) is 0 Å². The molecular weight excluding hydrogens is 342 g/mol. The maximum Gasteiger partial charge on any atom is 0.308 e. The molecule has 0 saturated carbocycles. The number of nitrogens with zero attached hydrogens (tertiary/aromatic N) is 2. The molecule has 3 rings (SSSR count). The maximum absolute atomic E-state index is 12.2. The second-order valence-corrected chi connectivity index (χ2v) is 6.78. The predicted molar refractivity (Wildman–Crippen MR) is 106 cm³/mol. The van der Waals surface area contributed by atoms with Crippen molar-refractivity contribution in [3.63, 3.8) is 0 Å². The molecule has 27 heavy (non-hydrogen) atoms. The molecule has 0 aliphatic carbocycles. The van der Waals surface area contributed by atoms with E-state index < -0.39 is 11.9 Å². The number of rotatable bonds is 7. The minimum Gasteiger partial charge on any atom is -0.481 e. The molecule has 1 fully saturated rings. The van der Waals surface area contributed by atoms with Gasteiger partial charge in [-0.25, -0.2) is 0 Å². The number of carboxylic acids is 1. The van der Waals surface area contributed by atoms with Crippen molar-refractivity contribution in [2.24, 2.45) is 5.92 Å². The highest BCUT2D eigenvalue weighted by Crippen LogP contribution is 2.17. The Labute approximate surface area is 159 Å². The van der Waals surface area contributed by atoms with Gasteiger partial charge in [-0.3, -0.25) is 14.5 Å². The van der Waals surface area contributed by atoms with Crippen molar-refractivity contribution in [2.75, 3.05) is 42.9 Å². The van der Waals surface area contributed by atoms with Gasteiger partial charge in [0.25, 0.3) is 0 Å². The highest BCUT2D eigenvalue weighted by molar-refractivity contribution is 5.93. The van der Waals surface area contributed by atoms with Gasteiger partial charge < -0.3 is 15.3 Å². The molecule has 1 atom stereocenters. The Hall–Kier alpha value is -2.86. The molecule has 1 heterocycles. The minimum atomic E-state index is -0.927. The van der Waals surface area contributed by atoms with E-state index in [-0.39, 0.29) is 12.3 Å². The third-order valence-electron chi connectivity index (χ3n) is 4.81. The Balaban J connectivity index is 1.50. The number of benzene rings is 2. The molecule has 0 bridgehead atoms. The lowest BCUT2D eigenvalue weighted by Gasteiger charge is -2.37. The van der Waals surface area contributed by atoms with Crippen LogP contribution in [0.1, 0.15) is 6.42 Å². The summed E-state index contributed by atoms with van der Waals surface area (Å²) in [5, 5.41) is 12.3. The van der Waals surface area contributed by atoms with Crippen molar-refractivity contribution in [3.8, 4) is 0 Å². The van der Waals surface area contributed by atoms with Gasteiger partial charge in [-0.1, -0.05) is 36.4 Å². The lowest BCUT2D eigenvalue weighted by molar-refractivity contribution is -0.144. The topological polar surface area (TPSA) is 72.9 Å². The average Bonchev–Trinajstić information content (AvgIpc) is 2.69. The van der Waals surface area contributed by atoms with Crippen molar-refractivity contribution < 1.29 is 14.7 Å². The molecule has 6 nitrogen and oxygen atoms in total. The van der Waals surface area contributed by atoms with Crippen LogP contribution in [-0.4, -0.2) is 54.6 Å². The van der Waals surface area contributed by atoms with Crippen LogP contribution in [0.4, 0.5) is 11.4 Å². The Morgan fingerprint density at radius 3 is 2.11 bits per heavy atom. The van der Waals surface area contributed by atoms with Gasteiger partial charge in [0, 0.05) is 50.5 Å². The number of anilines is 2. The average molecular weight is 367 g/mol. The number of piperazine rings is 1.